The van der Waals surface area contributed by atoms with Crippen molar-refractivity contribution >= 4 is 41.2 Å². The van der Waals surface area contributed by atoms with Crippen LogP contribution in [0.4, 0.5) is 15.3 Å². The first-order valence-electron chi connectivity index (χ1n) is 11.1. The van der Waals surface area contributed by atoms with Crippen LogP contribution in [0.15, 0.2) is 24.3 Å². The molecule has 0 saturated heterocycles. The van der Waals surface area contributed by atoms with Crippen LogP contribution in [0, 0.1) is 0 Å². The molecule has 0 bridgehead atoms. The summed E-state index contributed by atoms with van der Waals surface area (Å²) in [6, 6.07) is 4.74. The van der Waals surface area contributed by atoms with Crippen molar-refractivity contribution in [3.05, 3.63) is 29.8 Å². The molecule has 1 aromatic carbocycles. The topological polar surface area (TPSA) is 122 Å². The van der Waals surface area contributed by atoms with Gasteiger partial charge in [0.1, 0.15) is 17.2 Å². The third kappa shape index (κ3) is 10.4. The van der Waals surface area contributed by atoms with E-state index in [2.05, 4.69) is 5.32 Å². The van der Waals surface area contributed by atoms with Crippen molar-refractivity contribution in [1.82, 2.24) is 5.32 Å². The minimum atomic E-state index is -1.22. The SMILES string of the molecule is CC(C)(C)OC(=O)NCCCC[C@@H](C(=O)O)N(C(=O)OC(C)(C)C)c1ccc(C(=O)CCl)cc1. The second-order valence-corrected chi connectivity index (χ2v) is 10.00. The van der Waals surface area contributed by atoms with E-state index in [9.17, 15) is 24.3 Å². The van der Waals surface area contributed by atoms with Crippen molar-refractivity contribution in [2.24, 2.45) is 0 Å². The van der Waals surface area contributed by atoms with Crippen molar-refractivity contribution in [1.29, 1.82) is 0 Å². The third-order valence-electron chi connectivity index (χ3n) is 4.35. The monoisotopic (exact) mass is 498 g/mol. The Balaban J connectivity index is 2.98. The lowest BCUT2D eigenvalue weighted by atomic mass is 10.1. The summed E-state index contributed by atoms with van der Waals surface area (Å²) in [5.41, 5.74) is -0.830. The molecule has 1 aromatic rings. The number of halogens is 1. The summed E-state index contributed by atoms with van der Waals surface area (Å²) in [7, 11) is 0. The van der Waals surface area contributed by atoms with Crippen LogP contribution in [0.25, 0.3) is 0 Å². The van der Waals surface area contributed by atoms with E-state index in [4.69, 9.17) is 21.1 Å². The van der Waals surface area contributed by atoms with E-state index in [0.717, 1.165) is 4.90 Å². The Hall–Kier alpha value is -2.81. The first-order chi connectivity index (χ1) is 15.6. The number of Topliss-reactive ketones (excluding diaryl/α,β-unsaturated/α-hetero) is 1. The number of ether oxygens (including phenoxy) is 2. The molecule has 0 unspecified atom stereocenters. The Labute approximate surface area is 205 Å². The molecule has 0 radical (unpaired) electrons. The smallest absolute Gasteiger partial charge is 0.415 e. The van der Waals surface area contributed by atoms with Crippen LogP contribution < -0.4 is 10.2 Å². The fourth-order valence-electron chi connectivity index (χ4n) is 2.94. The lowest BCUT2D eigenvalue weighted by Crippen LogP contribution is -2.47. The Morgan fingerprint density at radius 3 is 2.00 bits per heavy atom. The molecule has 0 fully saturated rings. The Kier molecular flexibility index (Phi) is 10.8. The molecule has 9 nitrogen and oxygen atoms in total. The van der Waals surface area contributed by atoms with Gasteiger partial charge in [-0.25, -0.2) is 14.4 Å². The number of nitrogens with one attached hydrogen (secondary N) is 1. The van der Waals surface area contributed by atoms with E-state index < -0.39 is 35.4 Å². The molecular formula is C24H35ClN2O7. The molecule has 0 heterocycles. The van der Waals surface area contributed by atoms with Crippen molar-refractivity contribution in [2.45, 2.75) is 78.0 Å². The first-order valence-corrected chi connectivity index (χ1v) is 11.6. The standard InChI is InChI=1S/C24H35ClN2O7/c1-23(2,3)33-21(31)26-14-8-7-9-18(20(29)30)27(22(32)34-24(4,5)6)17-12-10-16(11-13-17)19(28)15-25/h10-13,18H,7-9,14-15H2,1-6H3,(H,26,31)(H,29,30)/t18-/m0/s1. The van der Waals surface area contributed by atoms with E-state index >= 15 is 0 Å². The summed E-state index contributed by atoms with van der Waals surface area (Å²) in [5.74, 6) is -1.68. The molecule has 10 heteroatoms. The molecule has 0 aliphatic carbocycles. The number of benzene rings is 1. The van der Waals surface area contributed by atoms with Crippen LogP contribution in [0.5, 0.6) is 0 Å². The fourth-order valence-corrected chi connectivity index (χ4v) is 3.09. The number of carboxylic acids is 1. The second-order valence-electron chi connectivity index (χ2n) is 9.73. The summed E-state index contributed by atoms with van der Waals surface area (Å²) in [6.45, 7) is 10.6. The van der Waals surface area contributed by atoms with Gasteiger partial charge in [0.05, 0.1) is 5.88 Å². The largest absolute Gasteiger partial charge is 0.480 e. The number of nitrogens with zero attached hydrogens (tertiary/aromatic N) is 1. The fraction of sp³-hybridized carbons (Fsp3) is 0.583. The molecule has 0 aliphatic heterocycles. The molecule has 0 aromatic heterocycles. The highest BCUT2D eigenvalue weighted by Gasteiger charge is 2.34. The van der Waals surface area contributed by atoms with E-state index in [0.29, 0.717) is 24.9 Å². The van der Waals surface area contributed by atoms with Crippen LogP contribution in [0.1, 0.15) is 71.2 Å². The Morgan fingerprint density at radius 1 is 0.971 bits per heavy atom. The van der Waals surface area contributed by atoms with E-state index in [1.54, 1.807) is 41.5 Å². The number of unbranched alkanes of at least 4 members (excludes halogenated alkanes) is 1. The average molecular weight is 499 g/mol. The molecule has 2 N–H and O–H groups in total. The molecule has 0 spiro atoms. The van der Waals surface area contributed by atoms with E-state index in [-0.39, 0.29) is 23.8 Å². The number of ketones is 1. The Bertz CT molecular complexity index is 858. The van der Waals surface area contributed by atoms with E-state index in [1.807, 2.05) is 0 Å². The van der Waals surface area contributed by atoms with Crippen LogP contribution in [0.3, 0.4) is 0 Å². The minimum Gasteiger partial charge on any atom is -0.480 e. The molecule has 0 aliphatic rings. The molecule has 1 atom stereocenters. The number of alkyl halides is 1. The minimum absolute atomic E-state index is 0.118. The first kappa shape index (κ1) is 29.2. The highest BCUT2D eigenvalue weighted by molar-refractivity contribution is 6.30. The maximum absolute atomic E-state index is 13.0. The molecule has 0 saturated carbocycles. The number of rotatable bonds is 10. The molecule has 190 valence electrons. The van der Waals surface area contributed by atoms with E-state index in [1.165, 1.54) is 24.3 Å². The molecule has 2 amide bonds. The number of anilines is 1. The van der Waals surface area contributed by atoms with Gasteiger partial charge in [-0.05, 0) is 85.1 Å². The maximum Gasteiger partial charge on any atom is 0.415 e. The van der Waals surface area contributed by atoms with Crippen LogP contribution in [-0.4, -0.2) is 58.7 Å². The quantitative estimate of drug-likeness (QED) is 0.264. The highest BCUT2D eigenvalue weighted by Crippen LogP contribution is 2.24. The number of carboxylic acid groups (broad SMARTS) is 1. The highest BCUT2D eigenvalue weighted by atomic mass is 35.5. The second kappa shape index (κ2) is 12.6. The normalized spacial score (nSPS) is 12.4. The average Bonchev–Trinajstić information content (AvgIpc) is 2.69. The van der Waals surface area contributed by atoms with Gasteiger partial charge in [0.15, 0.2) is 5.78 Å². The lowest BCUT2D eigenvalue weighted by Gasteiger charge is -2.31. The molecule has 34 heavy (non-hydrogen) atoms. The molecular weight excluding hydrogens is 464 g/mol. The number of carbonyl (C=O) groups is 4. The number of carbonyl (C=O) groups excluding carboxylic acids is 3. The van der Waals surface area contributed by atoms with Crippen LogP contribution in [-0.2, 0) is 14.3 Å². The van der Waals surface area contributed by atoms with Crippen molar-refractivity contribution in [3.8, 4) is 0 Å². The predicted octanol–water partition coefficient (Wildman–Crippen LogP) is 5.00. The zero-order chi connectivity index (χ0) is 26.1. The van der Waals surface area contributed by atoms with Crippen LogP contribution in [0.2, 0.25) is 0 Å². The van der Waals surface area contributed by atoms with Crippen molar-refractivity contribution < 1.29 is 33.8 Å². The number of hydrogen-bond acceptors (Lipinski definition) is 6. The van der Waals surface area contributed by atoms with Crippen molar-refractivity contribution in [2.75, 3.05) is 17.3 Å². The summed E-state index contributed by atoms with van der Waals surface area (Å²) in [5, 5.41) is 12.5. The predicted molar refractivity (Wildman–Crippen MR) is 130 cm³/mol. The van der Waals surface area contributed by atoms with Gasteiger partial charge in [0.25, 0.3) is 0 Å². The third-order valence-corrected chi connectivity index (χ3v) is 4.59. The van der Waals surface area contributed by atoms with Gasteiger partial charge in [0.2, 0.25) is 0 Å². The zero-order valence-corrected chi connectivity index (χ0v) is 21.4. The zero-order valence-electron chi connectivity index (χ0n) is 20.6. The summed E-state index contributed by atoms with van der Waals surface area (Å²) >= 11 is 5.59. The van der Waals surface area contributed by atoms with Gasteiger partial charge < -0.3 is 19.9 Å². The number of amides is 2. The number of alkyl carbamates (subject to hydrolysis) is 1. The van der Waals surface area contributed by atoms with Crippen LogP contribution >= 0.6 is 11.6 Å². The van der Waals surface area contributed by atoms with Gasteiger partial charge in [0, 0.05) is 17.8 Å². The van der Waals surface area contributed by atoms with Gasteiger partial charge in [-0.2, -0.15) is 0 Å². The number of hydrogen-bond donors (Lipinski definition) is 2. The van der Waals surface area contributed by atoms with Gasteiger partial charge in [-0.1, -0.05) is 0 Å². The van der Waals surface area contributed by atoms with Gasteiger partial charge >= 0.3 is 18.2 Å². The summed E-state index contributed by atoms with van der Waals surface area (Å²) < 4.78 is 10.6. The Morgan fingerprint density at radius 2 is 1.53 bits per heavy atom. The number of aliphatic carboxylic acids is 1. The van der Waals surface area contributed by atoms with Crippen molar-refractivity contribution in [3.63, 3.8) is 0 Å². The lowest BCUT2D eigenvalue weighted by molar-refractivity contribution is -0.138. The summed E-state index contributed by atoms with van der Waals surface area (Å²) in [6.07, 6.45) is -0.358. The summed E-state index contributed by atoms with van der Waals surface area (Å²) in [4.78, 5) is 49.7. The maximum atomic E-state index is 13.0. The van der Waals surface area contributed by atoms with Gasteiger partial charge in [-0.15, -0.1) is 11.6 Å². The van der Waals surface area contributed by atoms with Gasteiger partial charge in [-0.3, -0.25) is 9.69 Å². The molecule has 1 rings (SSSR count).